The highest BCUT2D eigenvalue weighted by molar-refractivity contribution is 5.89. The van der Waals surface area contributed by atoms with Crippen molar-refractivity contribution in [2.45, 2.75) is 30.6 Å². The molecule has 4 unspecified atom stereocenters. The van der Waals surface area contributed by atoms with E-state index in [2.05, 4.69) is 15.6 Å². The van der Waals surface area contributed by atoms with E-state index in [1.54, 1.807) is 49.8 Å². The molecule has 0 radical (unpaired) electrons. The van der Waals surface area contributed by atoms with Gasteiger partial charge in [-0.2, -0.15) is 0 Å². The summed E-state index contributed by atoms with van der Waals surface area (Å²) in [7, 11) is 1.55. The fourth-order valence-electron chi connectivity index (χ4n) is 3.17. The molecular weight excluding hydrogens is 322 g/mol. The van der Waals surface area contributed by atoms with Crippen LogP contribution in [0.1, 0.15) is 17.9 Å². The van der Waals surface area contributed by atoms with Gasteiger partial charge in [0.25, 0.3) is 0 Å². The minimum atomic E-state index is -1.04. The fraction of sp³-hybridized carbons (Fsp3) is 0.333. The number of aromatic nitrogens is 1. The van der Waals surface area contributed by atoms with Gasteiger partial charge in [-0.3, -0.25) is 4.98 Å². The summed E-state index contributed by atoms with van der Waals surface area (Å²) in [5.41, 5.74) is 1.44. The smallest absolute Gasteiger partial charge is 0.319 e. The largest absolute Gasteiger partial charge is 0.497 e. The molecule has 7 heteroatoms. The molecule has 7 nitrogen and oxygen atoms in total. The van der Waals surface area contributed by atoms with Gasteiger partial charge in [-0.05, 0) is 30.2 Å². The summed E-state index contributed by atoms with van der Waals surface area (Å²) in [6.07, 6.45) is 1.76. The van der Waals surface area contributed by atoms with Crippen LogP contribution in [-0.2, 0) is 0 Å². The molecule has 1 aromatic carbocycles. The molecular formula is C18H21N3O4. The monoisotopic (exact) mass is 343 g/mol. The molecule has 2 amide bonds. The number of urea groups is 1. The van der Waals surface area contributed by atoms with Crippen molar-refractivity contribution in [1.29, 1.82) is 0 Å². The summed E-state index contributed by atoms with van der Waals surface area (Å²) < 4.78 is 5.12. The quantitative estimate of drug-likeness (QED) is 0.673. The zero-order valence-electron chi connectivity index (χ0n) is 13.8. The molecule has 1 aliphatic rings. The Morgan fingerprint density at radius 3 is 2.84 bits per heavy atom. The highest BCUT2D eigenvalue weighted by Gasteiger charge is 2.43. The van der Waals surface area contributed by atoms with Crippen LogP contribution in [0.3, 0.4) is 0 Å². The fourth-order valence-corrected chi connectivity index (χ4v) is 3.17. The number of aliphatic hydroxyl groups is 2. The lowest BCUT2D eigenvalue weighted by Crippen LogP contribution is -2.46. The molecule has 25 heavy (non-hydrogen) atoms. The Labute approximate surface area is 145 Å². The number of hydrogen-bond acceptors (Lipinski definition) is 5. The summed E-state index contributed by atoms with van der Waals surface area (Å²) >= 11 is 0. The second-order valence-corrected chi connectivity index (χ2v) is 6.04. The van der Waals surface area contributed by atoms with Crippen molar-refractivity contribution in [2.24, 2.45) is 0 Å². The Kier molecular flexibility index (Phi) is 5.16. The van der Waals surface area contributed by atoms with Crippen molar-refractivity contribution < 1.29 is 19.7 Å². The number of amides is 2. The van der Waals surface area contributed by atoms with Crippen molar-refractivity contribution in [3.8, 4) is 5.75 Å². The maximum Gasteiger partial charge on any atom is 0.319 e. The first kappa shape index (κ1) is 17.2. The number of aliphatic hydroxyl groups excluding tert-OH is 2. The first-order valence-corrected chi connectivity index (χ1v) is 8.06. The maximum atomic E-state index is 12.3. The summed E-state index contributed by atoms with van der Waals surface area (Å²) in [5, 5.41) is 25.7. The van der Waals surface area contributed by atoms with E-state index in [-0.39, 0.29) is 5.92 Å². The van der Waals surface area contributed by atoms with Crippen LogP contribution in [0.25, 0.3) is 0 Å². The van der Waals surface area contributed by atoms with Gasteiger partial charge in [0, 0.05) is 30.1 Å². The number of benzene rings is 1. The van der Waals surface area contributed by atoms with E-state index in [0.717, 1.165) is 5.56 Å². The van der Waals surface area contributed by atoms with Crippen molar-refractivity contribution in [2.75, 3.05) is 12.4 Å². The standard InChI is InChI=1S/C18H21N3O4/c1-25-13-6-2-5-12(8-13)20-18(24)21-16-14(9-15(22)17(16)23)11-4-3-7-19-10-11/h2-8,10,14-17,22-23H,9H2,1H3,(H2,20,21,24). The first-order valence-electron chi connectivity index (χ1n) is 8.06. The second kappa shape index (κ2) is 7.50. The van der Waals surface area contributed by atoms with Crippen LogP contribution in [0, 0.1) is 0 Å². The average molecular weight is 343 g/mol. The van der Waals surface area contributed by atoms with Crippen LogP contribution in [0.5, 0.6) is 5.75 Å². The Balaban J connectivity index is 1.71. The van der Waals surface area contributed by atoms with E-state index in [1.165, 1.54) is 0 Å². The van der Waals surface area contributed by atoms with Gasteiger partial charge in [0.2, 0.25) is 0 Å². The van der Waals surface area contributed by atoms with Gasteiger partial charge >= 0.3 is 6.03 Å². The van der Waals surface area contributed by atoms with E-state index >= 15 is 0 Å². The molecule has 1 aromatic heterocycles. The van der Waals surface area contributed by atoms with E-state index in [0.29, 0.717) is 17.9 Å². The van der Waals surface area contributed by atoms with Crippen LogP contribution in [0.2, 0.25) is 0 Å². The lowest BCUT2D eigenvalue weighted by atomic mass is 9.95. The van der Waals surface area contributed by atoms with E-state index in [1.807, 2.05) is 6.07 Å². The third kappa shape index (κ3) is 3.89. The number of nitrogens with zero attached hydrogens (tertiary/aromatic N) is 1. The summed E-state index contributed by atoms with van der Waals surface area (Å²) in [6.45, 7) is 0. The van der Waals surface area contributed by atoms with Crippen LogP contribution < -0.4 is 15.4 Å². The number of nitrogens with one attached hydrogen (secondary N) is 2. The molecule has 3 rings (SSSR count). The topological polar surface area (TPSA) is 104 Å². The summed E-state index contributed by atoms with van der Waals surface area (Å²) in [6, 6.07) is 9.57. The van der Waals surface area contributed by atoms with Crippen molar-refractivity contribution in [3.63, 3.8) is 0 Å². The summed E-state index contributed by atoms with van der Waals surface area (Å²) in [4.78, 5) is 16.4. The number of pyridine rings is 1. The number of methoxy groups -OCH3 is 1. The van der Waals surface area contributed by atoms with Gasteiger partial charge in [-0.25, -0.2) is 4.79 Å². The highest BCUT2D eigenvalue weighted by Crippen LogP contribution is 2.35. The van der Waals surface area contributed by atoms with Gasteiger partial charge in [-0.15, -0.1) is 0 Å². The minimum absolute atomic E-state index is 0.213. The van der Waals surface area contributed by atoms with Gasteiger partial charge in [0.15, 0.2) is 0 Å². The Hall–Kier alpha value is -2.64. The molecule has 4 N–H and O–H groups in total. The zero-order chi connectivity index (χ0) is 17.8. The molecule has 1 fully saturated rings. The second-order valence-electron chi connectivity index (χ2n) is 6.04. The SMILES string of the molecule is COc1cccc(NC(=O)NC2C(c3cccnc3)CC(O)C2O)c1. The molecule has 0 aliphatic heterocycles. The van der Waals surface area contributed by atoms with Gasteiger partial charge in [-0.1, -0.05) is 12.1 Å². The Morgan fingerprint density at radius 1 is 1.28 bits per heavy atom. The normalized spacial score (nSPS) is 25.4. The molecule has 0 bridgehead atoms. The molecule has 0 spiro atoms. The van der Waals surface area contributed by atoms with Crippen molar-refractivity contribution in [3.05, 3.63) is 54.4 Å². The van der Waals surface area contributed by atoms with Gasteiger partial charge in [0.05, 0.1) is 19.3 Å². The Morgan fingerprint density at radius 2 is 2.12 bits per heavy atom. The van der Waals surface area contributed by atoms with Crippen molar-refractivity contribution >= 4 is 11.7 Å². The minimum Gasteiger partial charge on any atom is -0.497 e. The number of ether oxygens (including phenoxy) is 1. The third-order valence-corrected chi connectivity index (χ3v) is 4.43. The van der Waals surface area contributed by atoms with Gasteiger partial charge < -0.3 is 25.6 Å². The predicted molar refractivity (Wildman–Crippen MR) is 92.5 cm³/mol. The molecule has 132 valence electrons. The first-order chi connectivity index (χ1) is 12.1. The summed E-state index contributed by atoms with van der Waals surface area (Å²) in [5.74, 6) is 0.414. The van der Waals surface area contributed by atoms with E-state index in [9.17, 15) is 15.0 Å². The molecule has 1 aliphatic carbocycles. The van der Waals surface area contributed by atoms with Crippen LogP contribution in [-0.4, -0.2) is 46.6 Å². The molecule has 0 saturated heterocycles. The predicted octanol–water partition coefficient (Wildman–Crippen LogP) is 1.49. The molecule has 1 saturated carbocycles. The molecule has 1 heterocycles. The maximum absolute atomic E-state index is 12.3. The van der Waals surface area contributed by atoms with Crippen molar-refractivity contribution in [1.82, 2.24) is 10.3 Å². The number of carbonyl (C=O) groups is 1. The molecule has 2 aromatic rings. The lowest BCUT2D eigenvalue weighted by molar-refractivity contribution is 0.0322. The van der Waals surface area contributed by atoms with Crippen LogP contribution in [0.15, 0.2) is 48.8 Å². The third-order valence-electron chi connectivity index (χ3n) is 4.43. The van der Waals surface area contributed by atoms with Gasteiger partial charge in [0.1, 0.15) is 11.9 Å². The average Bonchev–Trinajstić information content (AvgIpc) is 2.91. The number of hydrogen-bond donors (Lipinski definition) is 4. The number of carbonyl (C=O) groups excluding carboxylic acids is 1. The zero-order valence-corrected chi connectivity index (χ0v) is 13.8. The lowest BCUT2D eigenvalue weighted by Gasteiger charge is -2.23. The van der Waals surface area contributed by atoms with Crippen LogP contribution in [0.4, 0.5) is 10.5 Å². The van der Waals surface area contributed by atoms with Crippen LogP contribution >= 0.6 is 0 Å². The van der Waals surface area contributed by atoms with E-state index < -0.39 is 24.3 Å². The number of rotatable bonds is 4. The Bertz CT molecular complexity index is 725. The van der Waals surface area contributed by atoms with E-state index in [4.69, 9.17) is 4.74 Å². The number of anilines is 1. The molecule has 4 atom stereocenters. The highest BCUT2D eigenvalue weighted by atomic mass is 16.5.